The number of carbonyl (C=O) groups is 1. The molecule has 35 heavy (non-hydrogen) atoms. The maximum Gasteiger partial charge on any atom is 0.492 e. The summed E-state index contributed by atoms with van der Waals surface area (Å²) < 4.78 is 38.1. The van der Waals surface area contributed by atoms with E-state index in [0.29, 0.717) is 64.4 Å². The van der Waals surface area contributed by atoms with Crippen LogP contribution in [0.25, 0.3) is 0 Å². The molecule has 4 rings (SSSR count). The van der Waals surface area contributed by atoms with Crippen molar-refractivity contribution in [3.8, 4) is 0 Å². The molecule has 1 fully saturated rings. The van der Waals surface area contributed by atoms with E-state index < -0.39 is 13.4 Å². The van der Waals surface area contributed by atoms with E-state index in [2.05, 4.69) is 25.6 Å². The second-order valence-electron chi connectivity index (χ2n) is 8.20. The fraction of sp³-hybridized carbons (Fsp3) is 0.333. The molecule has 0 bridgehead atoms. The van der Waals surface area contributed by atoms with Crippen LogP contribution in [0.1, 0.15) is 21.1 Å². The third-order valence-electron chi connectivity index (χ3n) is 5.41. The van der Waals surface area contributed by atoms with Crippen LogP contribution >= 0.6 is 22.9 Å². The van der Waals surface area contributed by atoms with Gasteiger partial charge < -0.3 is 33.4 Å². The standard InChI is InChI=1S/C21H23BClF3N7OS/c1-13-4-3-5-15(23)19(13)31-20(34)16-11-27-21(35-16)30-17-10-18(29-14(2)28-17)33-8-6-32(7-9-33)12-22(24,25)26/h3-5,10-11H,6-9,12H2,1-2H3,(H,31,34)(H,27,28,29,30)/q-1. The highest BCUT2D eigenvalue weighted by Crippen LogP contribution is 2.28. The average molecular weight is 525 g/mol. The van der Waals surface area contributed by atoms with E-state index in [9.17, 15) is 17.7 Å². The molecule has 0 radical (unpaired) electrons. The lowest BCUT2D eigenvalue weighted by Gasteiger charge is -2.37. The minimum absolute atomic E-state index is 0.308. The summed E-state index contributed by atoms with van der Waals surface area (Å²) in [6.07, 6.45) is 0.615. The normalized spacial score (nSPS) is 14.7. The maximum atomic E-state index is 12.7. The number of piperazine rings is 1. The summed E-state index contributed by atoms with van der Waals surface area (Å²) in [5.74, 6) is 1.29. The summed E-state index contributed by atoms with van der Waals surface area (Å²) >= 11 is 7.35. The van der Waals surface area contributed by atoms with Gasteiger partial charge in [0.2, 0.25) is 0 Å². The van der Waals surface area contributed by atoms with E-state index in [4.69, 9.17) is 11.6 Å². The molecule has 1 saturated heterocycles. The summed E-state index contributed by atoms with van der Waals surface area (Å²) in [6.45, 7) is 0.243. The van der Waals surface area contributed by atoms with Crippen molar-refractivity contribution in [1.82, 2.24) is 19.9 Å². The molecule has 0 aliphatic carbocycles. The van der Waals surface area contributed by atoms with Gasteiger partial charge in [-0.1, -0.05) is 35.1 Å². The summed E-state index contributed by atoms with van der Waals surface area (Å²) in [5, 5.41) is 6.82. The number of nitrogens with one attached hydrogen (secondary N) is 2. The number of aryl methyl sites for hydroxylation is 2. The summed E-state index contributed by atoms with van der Waals surface area (Å²) in [4.78, 5) is 29.5. The number of hydrogen-bond donors (Lipinski definition) is 2. The van der Waals surface area contributed by atoms with Crippen molar-refractivity contribution in [2.45, 2.75) is 13.8 Å². The van der Waals surface area contributed by atoms with Crippen LogP contribution in [0.15, 0.2) is 30.5 Å². The van der Waals surface area contributed by atoms with Gasteiger partial charge in [0.1, 0.15) is 22.3 Å². The van der Waals surface area contributed by atoms with Crippen molar-refractivity contribution in [2.75, 3.05) is 48.2 Å². The van der Waals surface area contributed by atoms with Gasteiger partial charge in [0.15, 0.2) is 5.13 Å². The first-order valence-corrected chi connectivity index (χ1v) is 12.1. The Bertz CT molecular complexity index is 1200. The smallest absolute Gasteiger partial charge is 0.448 e. The Morgan fingerprint density at radius 3 is 2.60 bits per heavy atom. The van der Waals surface area contributed by atoms with Gasteiger partial charge in [-0.05, 0) is 31.9 Å². The third kappa shape index (κ3) is 6.62. The monoisotopic (exact) mass is 524 g/mol. The Balaban J connectivity index is 1.41. The molecule has 1 aliphatic heterocycles. The highest BCUT2D eigenvalue weighted by molar-refractivity contribution is 7.17. The molecule has 1 aliphatic rings. The summed E-state index contributed by atoms with van der Waals surface area (Å²) in [6, 6.07) is 7.09. The van der Waals surface area contributed by atoms with E-state index in [-0.39, 0.29) is 5.91 Å². The number of amides is 1. The quantitative estimate of drug-likeness (QED) is 0.433. The van der Waals surface area contributed by atoms with Gasteiger partial charge in [-0.2, -0.15) is 0 Å². The van der Waals surface area contributed by atoms with E-state index in [1.807, 2.05) is 24.0 Å². The van der Waals surface area contributed by atoms with E-state index >= 15 is 0 Å². The van der Waals surface area contributed by atoms with Crippen LogP contribution in [0.4, 0.5) is 35.4 Å². The van der Waals surface area contributed by atoms with Crippen molar-refractivity contribution < 1.29 is 17.7 Å². The number of anilines is 4. The molecule has 2 aromatic heterocycles. The number of para-hydroxylation sites is 1. The van der Waals surface area contributed by atoms with Gasteiger partial charge in [-0.25, -0.2) is 15.0 Å². The predicted octanol–water partition coefficient (Wildman–Crippen LogP) is 4.71. The van der Waals surface area contributed by atoms with Gasteiger partial charge in [-0.15, -0.1) is 0 Å². The third-order valence-corrected chi connectivity index (χ3v) is 6.64. The molecule has 14 heteroatoms. The first kappa shape index (κ1) is 25.2. The van der Waals surface area contributed by atoms with Crippen molar-refractivity contribution in [1.29, 1.82) is 0 Å². The number of aromatic nitrogens is 3. The second-order valence-corrected chi connectivity index (χ2v) is 9.63. The van der Waals surface area contributed by atoms with Gasteiger partial charge in [0.25, 0.3) is 5.91 Å². The van der Waals surface area contributed by atoms with Crippen LogP contribution in [0, 0.1) is 13.8 Å². The zero-order valence-electron chi connectivity index (χ0n) is 19.1. The lowest BCUT2D eigenvalue weighted by atomic mass is 9.91. The number of nitrogens with zero attached hydrogens (tertiary/aromatic N) is 5. The van der Waals surface area contributed by atoms with Crippen LogP contribution in [0.2, 0.25) is 5.02 Å². The Morgan fingerprint density at radius 1 is 1.17 bits per heavy atom. The molecule has 8 nitrogen and oxygen atoms in total. The van der Waals surface area contributed by atoms with Crippen molar-refractivity contribution in [3.63, 3.8) is 0 Å². The topological polar surface area (TPSA) is 86.3 Å². The van der Waals surface area contributed by atoms with Crippen molar-refractivity contribution >= 4 is 58.3 Å². The fourth-order valence-electron chi connectivity index (χ4n) is 3.74. The first-order chi connectivity index (χ1) is 16.6. The SMILES string of the molecule is Cc1nc(Nc2ncc(C(=O)Nc3c(C)cccc3Cl)s2)cc(N2CCN(C[B-](F)(F)F)CC2)n1. The molecular formula is C21H23BClF3N7OS-. The zero-order chi connectivity index (χ0) is 25.2. The molecule has 0 spiro atoms. The number of rotatable bonds is 7. The van der Waals surface area contributed by atoms with E-state index in [1.165, 1.54) is 11.1 Å². The number of carbonyl (C=O) groups excluding carboxylic acids is 1. The Hall–Kier alpha value is -2.90. The van der Waals surface area contributed by atoms with Crippen LogP contribution in [0.3, 0.4) is 0 Å². The van der Waals surface area contributed by atoms with Crippen LogP contribution in [-0.4, -0.2) is 65.4 Å². The molecule has 1 amide bonds. The lowest BCUT2D eigenvalue weighted by molar-refractivity contribution is 0.103. The molecule has 0 unspecified atom stereocenters. The molecule has 2 N–H and O–H groups in total. The highest BCUT2D eigenvalue weighted by atomic mass is 35.5. The lowest BCUT2D eigenvalue weighted by Crippen LogP contribution is -2.50. The summed E-state index contributed by atoms with van der Waals surface area (Å²) in [7, 11) is 0. The summed E-state index contributed by atoms with van der Waals surface area (Å²) in [5.41, 5.74) is 1.40. The maximum absolute atomic E-state index is 12.7. The number of benzene rings is 1. The molecule has 0 saturated carbocycles. The highest BCUT2D eigenvalue weighted by Gasteiger charge is 2.29. The molecule has 0 atom stereocenters. The minimum Gasteiger partial charge on any atom is -0.448 e. The predicted molar refractivity (Wildman–Crippen MR) is 134 cm³/mol. The van der Waals surface area contributed by atoms with Crippen LogP contribution < -0.4 is 15.5 Å². The molecular weight excluding hydrogens is 502 g/mol. The molecule has 3 heterocycles. The average Bonchev–Trinajstić information content (AvgIpc) is 3.24. The van der Waals surface area contributed by atoms with E-state index in [1.54, 1.807) is 19.1 Å². The Kier molecular flexibility index (Phi) is 7.48. The first-order valence-electron chi connectivity index (χ1n) is 10.9. The van der Waals surface area contributed by atoms with Crippen LogP contribution in [-0.2, 0) is 0 Å². The van der Waals surface area contributed by atoms with Crippen molar-refractivity contribution in [2.24, 2.45) is 0 Å². The molecule has 3 aromatic rings. The van der Waals surface area contributed by atoms with Gasteiger partial charge >= 0.3 is 6.98 Å². The Labute approximate surface area is 209 Å². The molecule has 1 aromatic carbocycles. The van der Waals surface area contributed by atoms with Crippen molar-refractivity contribution in [3.05, 3.63) is 51.7 Å². The number of thiazole rings is 1. The van der Waals surface area contributed by atoms with Gasteiger partial charge in [0, 0.05) is 32.2 Å². The van der Waals surface area contributed by atoms with Gasteiger partial charge in [-0.3, -0.25) is 4.79 Å². The van der Waals surface area contributed by atoms with Crippen LogP contribution in [0.5, 0.6) is 0 Å². The van der Waals surface area contributed by atoms with Gasteiger partial charge in [0.05, 0.1) is 16.9 Å². The fourth-order valence-corrected chi connectivity index (χ4v) is 4.73. The number of hydrogen-bond acceptors (Lipinski definition) is 8. The second kappa shape index (κ2) is 10.4. The zero-order valence-corrected chi connectivity index (χ0v) is 20.6. The largest absolute Gasteiger partial charge is 0.492 e. The van der Waals surface area contributed by atoms with E-state index in [0.717, 1.165) is 16.9 Å². The Morgan fingerprint density at radius 2 is 1.91 bits per heavy atom. The number of halogens is 4. The molecule has 186 valence electrons. The minimum atomic E-state index is -4.84.